The second kappa shape index (κ2) is 5.40. The van der Waals surface area contributed by atoms with Gasteiger partial charge >= 0.3 is 0 Å². The van der Waals surface area contributed by atoms with Gasteiger partial charge in [0.25, 0.3) is 0 Å². The van der Waals surface area contributed by atoms with Crippen molar-refractivity contribution in [1.29, 1.82) is 0 Å². The summed E-state index contributed by atoms with van der Waals surface area (Å²) in [5.41, 5.74) is 2.84. The minimum atomic E-state index is -0.340. The third-order valence-electron chi connectivity index (χ3n) is 3.18. The Morgan fingerprint density at radius 2 is 1.47 bits per heavy atom. The molecule has 0 heterocycles. The van der Waals surface area contributed by atoms with Gasteiger partial charge in [-0.1, -0.05) is 75.4 Å². The molecule has 0 N–H and O–H groups in total. The molecule has 1 nitrogen and oxygen atoms in total. The predicted molar refractivity (Wildman–Crippen MR) is 79.5 cm³/mol. The fraction of sp³-hybridized carbons (Fsp3) is 0.278. The number of carbonyl (C=O) groups is 1. The van der Waals surface area contributed by atoms with E-state index in [0.29, 0.717) is 0 Å². The number of rotatable bonds is 3. The van der Waals surface area contributed by atoms with Gasteiger partial charge in [0.1, 0.15) is 0 Å². The van der Waals surface area contributed by atoms with Gasteiger partial charge in [0.15, 0.2) is 5.78 Å². The van der Waals surface area contributed by atoms with Crippen molar-refractivity contribution in [3.8, 4) is 0 Å². The number of Topliss-reactive ketones (excluding diaryl/α,β-unsaturated/α-hetero) is 1. The molecule has 0 aliphatic carbocycles. The van der Waals surface area contributed by atoms with Gasteiger partial charge in [-0.25, -0.2) is 0 Å². The summed E-state index contributed by atoms with van der Waals surface area (Å²) >= 11 is 0. The minimum absolute atomic E-state index is 0.207. The van der Waals surface area contributed by atoms with Crippen LogP contribution in [-0.4, -0.2) is 5.78 Å². The summed E-state index contributed by atoms with van der Waals surface area (Å²) in [6.45, 7) is 5.90. The topological polar surface area (TPSA) is 17.1 Å². The number of hydrogen-bond donors (Lipinski definition) is 0. The molecule has 0 saturated heterocycles. The van der Waals surface area contributed by atoms with Gasteiger partial charge in [0.05, 0.1) is 0 Å². The van der Waals surface area contributed by atoms with E-state index < -0.39 is 0 Å². The van der Waals surface area contributed by atoms with Crippen molar-refractivity contribution < 1.29 is 4.79 Å². The van der Waals surface area contributed by atoms with Gasteiger partial charge < -0.3 is 0 Å². The summed E-state index contributed by atoms with van der Waals surface area (Å²) in [7, 11) is 0. The van der Waals surface area contributed by atoms with Gasteiger partial charge in [0.2, 0.25) is 0 Å². The lowest BCUT2D eigenvalue weighted by atomic mass is 9.83. The van der Waals surface area contributed by atoms with E-state index in [1.807, 2.05) is 63.2 Å². The Morgan fingerprint density at radius 3 is 2.11 bits per heavy atom. The first-order valence-corrected chi connectivity index (χ1v) is 6.65. The smallest absolute Gasteiger partial charge is 0.168 e. The van der Waals surface area contributed by atoms with Crippen LogP contribution in [0.3, 0.4) is 0 Å². The zero-order valence-electron chi connectivity index (χ0n) is 11.8. The first kappa shape index (κ1) is 13.5. The van der Waals surface area contributed by atoms with Crippen LogP contribution in [0.2, 0.25) is 0 Å². The molecule has 0 amide bonds. The van der Waals surface area contributed by atoms with Crippen LogP contribution in [0.4, 0.5) is 0 Å². The van der Waals surface area contributed by atoms with E-state index in [4.69, 9.17) is 0 Å². The highest BCUT2D eigenvalue weighted by Crippen LogP contribution is 2.24. The third-order valence-corrected chi connectivity index (χ3v) is 3.18. The van der Waals surface area contributed by atoms with Crippen molar-refractivity contribution in [3.05, 3.63) is 71.3 Å². The van der Waals surface area contributed by atoms with E-state index in [-0.39, 0.29) is 11.2 Å². The maximum atomic E-state index is 12.5. The average molecular weight is 252 g/mol. The molecule has 2 rings (SSSR count). The van der Waals surface area contributed by atoms with Crippen molar-refractivity contribution in [2.24, 2.45) is 5.41 Å². The minimum Gasteiger partial charge on any atom is -0.294 e. The van der Waals surface area contributed by atoms with Crippen LogP contribution in [0, 0.1) is 5.41 Å². The molecule has 0 bridgehead atoms. The molecule has 0 saturated carbocycles. The van der Waals surface area contributed by atoms with Gasteiger partial charge in [-0.2, -0.15) is 0 Å². The Hall–Kier alpha value is -1.89. The van der Waals surface area contributed by atoms with E-state index in [2.05, 4.69) is 12.1 Å². The molecule has 98 valence electrons. The second-order valence-corrected chi connectivity index (χ2v) is 5.90. The highest BCUT2D eigenvalue weighted by atomic mass is 16.1. The molecule has 0 unspecified atom stereocenters. The molecule has 0 atom stereocenters. The SMILES string of the molecule is CC(C)(C)C(=O)c1ccccc1Cc1ccccc1. The Labute approximate surface area is 115 Å². The zero-order chi connectivity index (χ0) is 13.9. The highest BCUT2D eigenvalue weighted by Gasteiger charge is 2.24. The molecule has 2 aromatic carbocycles. The fourth-order valence-electron chi connectivity index (χ4n) is 2.12. The first-order chi connectivity index (χ1) is 8.98. The molecular formula is C18H20O. The van der Waals surface area contributed by atoms with E-state index >= 15 is 0 Å². The van der Waals surface area contributed by atoms with E-state index in [0.717, 1.165) is 17.5 Å². The molecule has 19 heavy (non-hydrogen) atoms. The van der Waals surface area contributed by atoms with Gasteiger partial charge in [-0.05, 0) is 17.5 Å². The molecule has 0 aliphatic rings. The first-order valence-electron chi connectivity index (χ1n) is 6.65. The lowest BCUT2D eigenvalue weighted by Gasteiger charge is -2.19. The third kappa shape index (κ3) is 3.31. The zero-order valence-corrected chi connectivity index (χ0v) is 11.8. The van der Waals surface area contributed by atoms with Crippen LogP contribution in [0.5, 0.6) is 0 Å². The predicted octanol–water partition coefficient (Wildman–Crippen LogP) is 4.51. The summed E-state index contributed by atoms with van der Waals surface area (Å²) in [4.78, 5) is 12.5. The fourth-order valence-corrected chi connectivity index (χ4v) is 2.12. The summed E-state index contributed by atoms with van der Waals surface area (Å²) in [6.07, 6.45) is 0.804. The average Bonchev–Trinajstić information content (AvgIpc) is 2.39. The maximum absolute atomic E-state index is 12.5. The maximum Gasteiger partial charge on any atom is 0.168 e. The van der Waals surface area contributed by atoms with Crippen LogP contribution in [-0.2, 0) is 6.42 Å². The van der Waals surface area contributed by atoms with Crippen molar-refractivity contribution in [1.82, 2.24) is 0 Å². The number of carbonyl (C=O) groups excluding carboxylic acids is 1. The monoisotopic (exact) mass is 252 g/mol. The van der Waals surface area contributed by atoms with Crippen molar-refractivity contribution >= 4 is 5.78 Å². The quantitative estimate of drug-likeness (QED) is 0.735. The van der Waals surface area contributed by atoms with Crippen LogP contribution in [0.15, 0.2) is 54.6 Å². The van der Waals surface area contributed by atoms with Crippen molar-refractivity contribution in [3.63, 3.8) is 0 Å². The number of benzene rings is 2. The van der Waals surface area contributed by atoms with E-state index in [9.17, 15) is 4.79 Å². The van der Waals surface area contributed by atoms with Gasteiger partial charge in [0, 0.05) is 11.0 Å². The van der Waals surface area contributed by atoms with Crippen molar-refractivity contribution in [2.45, 2.75) is 27.2 Å². The van der Waals surface area contributed by atoms with Gasteiger partial charge in [-0.15, -0.1) is 0 Å². The van der Waals surface area contributed by atoms with Gasteiger partial charge in [-0.3, -0.25) is 4.79 Å². The summed E-state index contributed by atoms with van der Waals surface area (Å²) in [6, 6.07) is 18.2. The molecule has 0 aromatic heterocycles. The molecule has 0 fully saturated rings. The van der Waals surface area contributed by atoms with Crippen LogP contribution in [0.1, 0.15) is 42.3 Å². The van der Waals surface area contributed by atoms with E-state index in [1.54, 1.807) is 0 Å². The molecule has 0 aliphatic heterocycles. The number of hydrogen-bond acceptors (Lipinski definition) is 1. The van der Waals surface area contributed by atoms with E-state index in [1.165, 1.54) is 5.56 Å². The Kier molecular flexibility index (Phi) is 3.84. The lowest BCUT2D eigenvalue weighted by molar-refractivity contribution is 0.0857. The van der Waals surface area contributed by atoms with Crippen LogP contribution in [0.25, 0.3) is 0 Å². The Bertz CT molecular complexity index is 562. The normalized spacial score (nSPS) is 11.3. The summed E-state index contributed by atoms with van der Waals surface area (Å²) in [5.74, 6) is 0.207. The Morgan fingerprint density at radius 1 is 0.895 bits per heavy atom. The molecule has 1 heteroatoms. The molecule has 2 aromatic rings. The summed E-state index contributed by atoms with van der Waals surface area (Å²) < 4.78 is 0. The van der Waals surface area contributed by atoms with Crippen LogP contribution < -0.4 is 0 Å². The second-order valence-electron chi connectivity index (χ2n) is 5.90. The highest BCUT2D eigenvalue weighted by molar-refractivity contribution is 6.01. The standard InChI is InChI=1S/C18H20O/c1-18(2,3)17(19)16-12-8-7-11-15(16)13-14-9-5-4-6-10-14/h4-12H,13H2,1-3H3. The van der Waals surface area contributed by atoms with Crippen molar-refractivity contribution in [2.75, 3.05) is 0 Å². The molecular weight excluding hydrogens is 232 g/mol. The Balaban J connectivity index is 2.35. The summed E-state index contributed by atoms with van der Waals surface area (Å²) in [5, 5.41) is 0. The number of ketones is 1. The largest absolute Gasteiger partial charge is 0.294 e. The lowest BCUT2D eigenvalue weighted by Crippen LogP contribution is -2.21. The molecule has 0 radical (unpaired) electrons. The van der Waals surface area contributed by atoms with Crippen LogP contribution >= 0.6 is 0 Å². The molecule has 0 spiro atoms.